The first-order chi connectivity index (χ1) is 19.1. The molecule has 0 aliphatic heterocycles. The van der Waals surface area contributed by atoms with Crippen molar-refractivity contribution in [3.63, 3.8) is 0 Å². The van der Waals surface area contributed by atoms with Gasteiger partial charge in [-0.15, -0.1) is 0 Å². The number of methoxy groups -OCH3 is 2. The number of hydrogen-bond acceptors (Lipinski definition) is 6. The zero-order valence-corrected chi connectivity index (χ0v) is 25.6. The lowest BCUT2D eigenvalue weighted by Gasteiger charge is -2.42. The lowest BCUT2D eigenvalue weighted by atomic mass is 9.64. The summed E-state index contributed by atoms with van der Waals surface area (Å²) in [4.78, 5) is 13.4. The lowest BCUT2D eigenvalue weighted by Crippen LogP contribution is -2.51. The molecule has 0 saturated heterocycles. The van der Waals surface area contributed by atoms with E-state index in [2.05, 4.69) is 13.8 Å². The predicted octanol–water partition coefficient (Wildman–Crippen LogP) is 5.76. The Morgan fingerprint density at radius 1 is 1.10 bits per heavy atom. The molecule has 3 N–H and O–H groups in total. The summed E-state index contributed by atoms with van der Waals surface area (Å²) >= 11 is 12.5. The highest BCUT2D eigenvalue weighted by molar-refractivity contribution is 6.30. The highest BCUT2D eigenvalue weighted by Crippen LogP contribution is 2.46. The zero-order valence-electron chi connectivity index (χ0n) is 24.1. The van der Waals surface area contributed by atoms with E-state index in [-0.39, 0.29) is 18.4 Å². The quantitative estimate of drug-likeness (QED) is 0.189. The Morgan fingerprint density at radius 2 is 1.80 bits per heavy atom. The molecule has 9 heteroatoms. The molecule has 2 aromatic carbocycles. The second-order valence-electron chi connectivity index (χ2n) is 11.1. The molecule has 222 valence electrons. The van der Waals surface area contributed by atoms with Gasteiger partial charge in [-0.05, 0) is 72.9 Å². The number of nitrogens with zero attached hydrogens (tertiary/aromatic N) is 1. The van der Waals surface area contributed by atoms with Gasteiger partial charge in [0.15, 0.2) is 11.5 Å². The molecule has 3 rings (SSSR count). The average molecular weight is 596 g/mol. The van der Waals surface area contributed by atoms with Crippen molar-refractivity contribution in [1.29, 1.82) is 0 Å². The molecule has 7 nitrogen and oxygen atoms in total. The van der Waals surface area contributed by atoms with Crippen molar-refractivity contribution in [2.45, 2.75) is 69.9 Å². The Bertz CT molecular complexity index is 1080. The second-order valence-corrected chi connectivity index (χ2v) is 12.0. The van der Waals surface area contributed by atoms with Crippen LogP contribution < -0.4 is 15.2 Å². The Balaban J connectivity index is 1.62. The number of benzene rings is 2. The van der Waals surface area contributed by atoms with Gasteiger partial charge in [0.25, 0.3) is 0 Å². The Hall–Kier alpha value is -2.03. The van der Waals surface area contributed by atoms with E-state index in [0.717, 1.165) is 34.8 Å². The van der Waals surface area contributed by atoms with Gasteiger partial charge in [-0.2, -0.15) is 0 Å². The van der Waals surface area contributed by atoms with Gasteiger partial charge < -0.3 is 25.1 Å². The van der Waals surface area contributed by atoms with Gasteiger partial charge >= 0.3 is 0 Å². The third kappa shape index (κ3) is 8.26. The third-order valence-corrected chi connectivity index (χ3v) is 8.61. The predicted molar refractivity (Wildman–Crippen MR) is 160 cm³/mol. The first kappa shape index (κ1) is 32.5. The number of ether oxygens (including phenoxy) is 3. The molecule has 2 aromatic rings. The number of hydrogen-bond donors (Lipinski definition) is 2. The van der Waals surface area contributed by atoms with Crippen LogP contribution in [0.1, 0.15) is 57.1 Å². The van der Waals surface area contributed by atoms with Crippen LogP contribution in [0.15, 0.2) is 42.5 Å². The van der Waals surface area contributed by atoms with Crippen LogP contribution in [0.2, 0.25) is 5.02 Å². The minimum atomic E-state index is -0.958. The van der Waals surface area contributed by atoms with E-state index in [1.807, 2.05) is 30.3 Å². The molecule has 1 saturated carbocycles. The molecule has 1 aliphatic rings. The van der Waals surface area contributed by atoms with Crippen molar-refractivity contribution < 1.29 is 24.1 Å². The van der Waals surface area contributed by atoms with Gasteiger partial charge in [0.2, 0.25) is 5.91 Å². The highest BCUT2D eigenvalue weighted by Gasteiger charge is 2.48. The molecule has 3 atom stereocenters. The van der Waals surface area contributed by atoms with E-state index >= 15 is 0 Å². The Kier molecular flexibility index (Phi) is 12.4. The van der Waals surface area contributed by atoms with E-state index in [1.54, 1.807) is 26.4 Å². The van der Waals surface area contributed by atoms with Crippen LogP contribution >= 0.6 is 23.4 Å². The van der Waals surface area contributed by atoms with Crippen molar-refractivity contribution in [1.82, 2.24) is 4.42 Å². The number of rotatable bonds is 16. The molecule has 0 heterocycles. The molecule has 40 heavy (non-hydrogen) atoms. The maximum absolute atomic E-state index is 13.4. The highest BCUT2D eigenvalue weighted by atomic mass is 35.5. The smallest absolute Gasteiger partial charge is 0.247 e. The SMILES string of the molecule is COCCCOc1cc(C[C@@H](C[C@H](N)[C@@H](O)CN(Cl)C(=O)C2(c3ccc(Cl)cc3)CCC2)C(C)C)ccc1OC. The van der Waals surface area contributed by atoms with Gasteiger partial charge in [0, 0.05) is 43.0 Å². The molecular weight excluding hydrogens is 551 g/mol. The molecular formula is C31H44Cl2N2O5. The molecule has 0 radical (unpaired) electrons. The first-order valence-electron chi connectivity index (χ1n) is 14.1. The van der Waals surface area contributed by atoms with Crippen molar-refractivity contribution in [2.24, 2.45) is 17.6 Å². The lowest BCUT2D eigenvalue weighted by molar-refractivity contribution is -0.137. The fourth-order valence-electron chi connectivity index (χ4n) is 5.29. The minimum Gasteiger partial charge on any atom is -0.493 e. The van der Waals surface area contributed by atoms with E-state index < -0.39 is 17.6 Å². The van der Waals surface area contributed by atoms with E-state index in [1.165, 1.54) is 0 Å². The summed E-state index contributed by atoms with van der Waals surface area (Å²) in [6.07, 6.45) is 3.55. The average Bonchev–Trinajstić information content (AvgIpc) is 2.91. The molecule has 0 bridgehead atoms. The van der Waals surface area contributed by atoms with Gasteiger partial charge in [0.05, 0.1) is 31.8 Å². The number of carbonyl (C=O) groups is 1. The number of carbonyl (C=O) groups excluding carboxylic acids is 1. The largest absolute Gasteiger partial charge is 0.493 e. The Morgan fingerprint density at radius 3 is 2.38 bits per heavy atom. The molecule has 1 amide bonds. The minimum absolute atomic E-state index is 0.0380. The van der Waals surface area contributed by atoms with E-state index in [4.69, 9.17) is 43.3 Å². The zero-order chi connectivity index (χ0) is 29.3. The number of halogens is 2. The van der Waals surface area contributed by atoms with Crippen LogP contribution in [0.25, 0.3) is 0 Å². The van der Waals surface area contributed by atoms with Gasteiger partial charge in [0.1, 0.15) is 0 Å². The monoisotopic (exact) mass is 594 g/mol. The van der Waals surface area contributed by atoms with Gasteiger partial charge in [-0.1, -0.05) is 50.1 Å². The summed E-state index contributed by atoms with van der Waals surface area (Å²) in [5.74, 6) is 1.70. The van der Waals surface area contributed by atoms with Crippen molar-refractivity contribution in [3.8, 4) is 11.5 Å². The third-order valence-electron chi connectivity index (χ3n) is 8.07. The number of aliphatic hydroxyl groups is 1. The van der Waals surface area contributed by atoms with Crippen LogP contribution in [-0.4, -0.2) is 61.6 Å². The van der Waals surface area contributed by atoms with Crippen LogP contribution in [0.5, 0.6) is 11.5 Å². The van der Waals surface area contributed by atoms with Crippen molar-refractivity contribution in [2.75, 3.05) is 34.0 Å². The van der Waals surface area contributed by atoms with Crippen molar-refractivity contribution in [3.05, 3.63) is 58.6 Å². The number of amides is 1. The number of nitrogens with two attached hydrogens (primary N) is 1. The van der Waals surface area contributed by atoms with Crippen LogP contribution in [0.4, 0.5) is 0 Å². The number of aliphatic hydroxyl groups excluding tert-OH is 1. The molecule has 1 aliphatic carbocycles. The Labute approximate surface area is 249 Å². The molecule has 0 aromatic heterocycles. The standard InChI is InChI=1S/C31H44Cl2N2O5/c1-21(2)23(17-22-7-12-28(39-4)29(18-22)40-16-6-15-38-3)19-26(34)27(36)20-35(33)30(37)31(13-5-14-31)24-8-10-25(32)11-9-24/h7-12,18,21,23,26-27,36H,5-6,13-17,19-20,34H2,1-4H3/t23-,26-,27-/m0/s1. The van der Waals surface area contributed by atoms with Crippen LogP contribution in [0.3, 0.4) is 0 Å². The fraction of sp³-hybridized carbons (Fsp3) is 0.581. The summed E-state index contributed by atoms with van der Waals surface area (Å²) in [7, 11) is 3.30. The summed E-state index contributed by atoms with van der Waals surface area (Å²) in [6.45, 7) is 5.43. The normalized spacial score (nSPS) is 16.6. The van der Waals surface area contributed by atoms with Crippen LogP contribution in [-0.2, 0) is 21.4 Å². The molecule has 1 fully saturated rings. The van der Waals surface area contributed by atoms with E-state index in [0.29, 0.717) is 54.9 Å². The molecule has 0 unspecified atom stereocenters. The summed E-state index contributed by atoms with van der Waals surface area (Å²) in [5, 5.41) is 11.6. The van der Waals surface area contributed by atoms with Crippen molar-refractivity contribution >= 4 is 29.3 Å². The topological polar surface area (TPSA) is 94.3 Å². The maximum Gasteiger partial charge on any atom is 0.247 e. The summed E-state index contributed by atoms with van der Waals surface area (Å²) in [5.41, 5.74) is 7.83. The second kappa shape index (κ2) is 15.3. The van der Waals surface area contributed by atoms with Gasteiger partial charge in [-0.3, -0.25) is 9.21 Å². The summed E-state index contributed by atoms with van der Waals surface area (Å²) in [6, 6.07) is 12.8. The van der Waals surface area contributed by atoms with Crippen LogP contribution in [0, 0.1) is 11.8 Å². The van der Waals surface area contributed by atoms with Gasteiger partial charge in [-0.25, -0.2) is 0 Å². The molecule has 0 spiro atoms. The first-order valence-corrected chi connectivity index (χ1v) is 14.8. The fourth-order valence-corrected chi connectivity index (χ4v) is 5.72. The maximum atomic E-state index is 13.4. The van der Waals surface area contributed by atoms with E-state index in [9.17, 15) is 9.90 Å². The summed E-state index contributed by atoms with van der Waals surface area (Å²) < 4.78 is 17.6.